The van der Waals surface area contributed by atoms with Crippen LogP contribution in [0, 0.1) is 0 Å². The van der Waals surface area contributed by atoms with E-state index in [2.05, 4.69) is 15.8 Å². The van der Waals surface area contributed by atoms with Crippen molar-refractivity contribution in [2.45, 2.75) is 13.3 Å². The Bertz CT molecular complexity index is 456. The molecule has 0 saturated carbocycles. The lowest BCUT2D eigenvalue weighted by Gasteiger charge is -2.23. The Balaban J connectivity index is 1.58. The van der Waals surface area contributed by atoms with Crippen LogP contribution in [-0.4, -0.2) is 50.2 Å². The number of hydrogen-bond acceptors (Lipinski definition) is 4. The van der Waals surface area contributed by atoms with Gasteiger partial charge in [-0.2, -0.15) is 5.10 Å². The smallest absolute Gasteiger partial charge is 0.186 e. The Hall–Kier alpha value is -1.02. The quantitative estimate of drug-likeness (QED) is 0.303. The van der Waals surface area contributed by atoms with Crippen molar-refractivity contribution in [3.05, 3.63) is 22.4 Å². The Labute approximate surface area is 135 Å². The Morgan fingerprint density at radius 3 is 3.00 bits per heavy atom. The van der Waals surface area contributed by atoms with Crippen LogP contribution < -0.4 is 15.6 Å². The average Bonchev–Trinajstić information content (AvgIpc) is 3.05. The molecule has 7 heteroatoms. The molecule has 1 aliphatic heterocycles. The summed E-state index contributed by atoms with van der Waals surface area (Å²) in [6.45, 7) is 8.03. The van der Waals surface area contributed by atoms with Crippen LogP contribution in [0.15, 0.2) is 22.6 Å². The third kappa shape index (κ3) is 6.09. The van der Waals surface area contributed by atoms with Gasteiger partial charge in [0, 0.05) is 17.8 Å². The molecule has 1 saturated heterocycles. The van der Waals surface area contributed by atoms with Crippen molar-refractivity contribution in [1.82, 2.24) is 10.7 Å². The van der Waals surface area contributed by atoms with E-state index in [1.54, 1.807) is 16.2 Å². The number of hydrogen-bond donors (Lipinski definition) is 3. The number of rotatable bonds is 6. The number of thiocarbonyl (C=S) groups is 1. The summed E-state index contributed by atoms with van der Waals surface area (Å²) in [6, 6.07) is 4.07. The molecule has 116 valence electrons. The molecule has 1 fully saturated rings. The molecule has 1 aliphatic rings. The topological polar surface area (TPSA) is 50.1 Å². The van der Waals surface area contributed by atoms with Crippen LogP contribution in [0.2, 0.25) is 0 Å². The number of morpholine rings is 1. The van der Waals surface area contributed by atoms with Crippen LogP contribution in [-0.2, 0) is 4.74 Å². The summed E-state index contributed by atoms with van der Waals surface area (Å²) in [5.41, 5.74) is 3.85. The van der Waals surface area contributed by atoms with Gasteiger partial charge < -0.3 is 15.0 Å². The van der Waals surface area contributed by atoms with E-state index in [0.29, 0.717) is 5.11 Å². The fraction of sp³-hybridized carbons (Fsp3) is 0.571. The third-order valence-electron chi connectivity index (χ3n) is 3.40. The van der Waals surface area contributed by atoms with E-state index in [9.17, 15) is 0 Å². The van der Waals surface area contributed by atoms with Gasteiger partial charge in [0.15, 0.2) is 5.11 Å². The van der Waals surface area contributed by atoms with Gasteiger partial charge in [-0.3, -0.25) is 5.43 Å². The highest BCUT2D eigenvalue weighted by Crippen LogP contribution is 2.08. The van der Waals surface area contributed by atoms with E-state index in [-0.39, 0.29) is 0 Å². The molecule has 21 heavy (non-hydrogen) atoms. The Morgan fingerprint density at radius 2 is 2.29 bits per heavy atom. The van der Waals surface area contributed by atoms with Crippen LogP contribution in [0.4, 0.5) is 0 Å². The maximum absolute atomic E-state index is 5.35. The molecular weight excluding hydrogens is 304 g/mol. The largest absolute Gasteiger partial charge is 0.370 e. The fourth-order valence-corrected chi connectivity index (χ4v) is 2.99. The fourth-order valence-electron chi connectivity index (χ4n) is 2.16. The molecule has 0 atom stereocenters. The second-order valence-corrected chi connectivity index (χ2v) is 6.36. The molecule has 1 aromatic rings. The SMILES string of the molecule is C/C(=N/NC(=S)NCCC[NH+]1CCOCC1)c1cccs1. The minimum Gasteiger partial charge on any atom is -0.370 e. The number of hydrazone groups is 1. The van der Waals surface area contributed by atoms with Crippen molar-refractivity contribution in [3.63, 3.8) is 0 Å². The molecule has 0 unspecified atom stereocenters. The van der Waals surface area contributed by atoms with Gasteiger partial charge in [-0.15, -0.1) is 11.3 Å². The van der Waals surface area contributed by atoms with Crippen LogP contribution in [0.3, 0.4) is 0 Å². The van der Waals surface area contributed by atoms with Gasteiger partial charge in [0.25, 0.3) is 0 Å². The molecule has 3 N–H and O–H groups in total. The molecule has 0 radical (unpaired) electrons. The highest BCUT2D eigenvalue weighted by atomic mass is 32.1. The first-order valence-electron chi connectivity index (χ1n) is 7.29. The molecule has 0 aromatic carbocycles. The van der Waals surface area contributed by atoms with Crippen molar-refractivity contribution in [1.29, 1.82) is 0 Å². The van der Waals surface area contributed by atoms with E-state index < -0.39 is 0 Å². The minimum atomic E-state index is 0.586. The van der Waals surface area contributed by atoms with E-state index in [0.717, 1.165) is 56.4 Å². The summed E-state index contributed by atoms with van der Waals surface area (Å²) in [5, 5.41) is 10.1. The normalized spacial score (nSPS) is 16.7. The number of ether oxygens (including phenoxy) is 1. The van der Waals surface area contributed by atoms with Crippen LogP contribution in [0.25, 0.3) is 0 Å². The summed E-state index contributed by atoms with van der Waals surface area (Å²) < 4.78 is 5.35. The number of nitrogens with zero attached hydrogens (tertiary/aromatic N) is 1. The summed E-state index contributed by atoms with van der Waals surface area (Å²) >= 11 is 6.89. The zero-order chi connectivity index (χ0) is 14.9. The van der Waals surface area contributed by atoms with Gasteiger partial charge in [0.05, 0.1) is 25.5 Å². The summed E-state index contributed by atoms with van der Waals surface area (Å²) in [7, 11) is 0. The number of quaternary nitrogens is 1. The zero-order valence-electron chi connectivity index (χ0n) is 12.4. The minimum absolute atomic E-state index is 0.586. The van der Waals surface area contributed by atoms with Crippen molar-refractivity contribution in [2.24, 2.45) is 5.10 Å². The van der Waals surface area contributed by atoms with E-state index >= 15 is 0 Å². The monoisotopic (exact) mass is 327 g/mol. The first-order valence-corrected chi connectivity index (χ1v) is 8.58. The maximum Gasteiger partial charge on any atom is 0.186 e. The van der Waals surface area contributed by atoms with Crippen molar-refractivity contribution >= 4 is 34.4 Å². The molecule has 0 amide bonds. The molecule has 2 heterocycles. The van der Waals surface area contributed by atoms with Crippen molar-refractivity contribution in [2.75, 3.05) is 39.4 Å². The Kier molecular flexibility index (Phi) is 7.08. The van der Waals surface area contributed by atoms with Gasteiger partial charge in [-0.05, 0) is 30.6 Å². The van der Waals surface area contributed by atoms with E-state index in [1.807, 2.05) is 24.4 Å². The van der Waals surface area contributed by atoms with Crippen molar-refractivity contribution in [3.8, 4) is 0 Å². The number of thiophene rings is 1. The van der Waals surface area contributed by atoms with Crippen LogP contribution >= 0.6 is 23.6 Å². The van der Waals surface area contributed by atoms with Gasteiger partial charge >= 0.3 is 0 Å². The van der Waals surface area contributed by atoms with Crippen molar-refractivity contribution < 1.29 is 9.64 Å². The molecule has 1 aromatic heterocycles. The van der Waals surface area contributed by atoms with Gasteiger partial charge in [0.1, 0.15) is 13.1 Å². The highest BCUT2D eigenvalue weighted by Gasteiger charge is 2.12. The van der Waals surface area contributed by atoms with Crippen LogP contribution in [0.5, 0.6) is 0 Å². The molecular formula is C14H23N4OS2+. The molecule has 5 nitrogen and oxygen atoms in total. The number of nitrogens with one attached hydrogen (secondary N) is 3. The third-order valence-corrected chi connectivity index (χ3v) is 4.61. The maximum atomic E-state index is 5.35. The summed E-state index contributed by atoms with van der Waals surface area (Å²) in [6.07, 6.45) is 1.10. The van der Waals surface area contributed by atoms with Gasteiger partial charge in [0.2, 0.25) is 0 Å². The first kappa shape index (κ1) is 16.4. The first-order chi connectivity index (χ1) is 10.3. The molecule has 0 aliphatic carbocycles. The lowest BCUT2D eigenvalue weighted by atomic mass is 10.3. The second-order valence-electron chi connectivity index (χ2n) is 5.01. The van der Waals surface area contributed by atoms with Crippen LogP contribution in [0.1, 0.15) is 18.2 Å². The second kappa shape index (κ2) is 9.09. The van der Waals surface area contributed by atoms with Gasteiger partial charge in [-0.1, -0.05) is 6.07 Å². The molecule has 2 rings (SSSR count). The predicted octanol–water partition coefficient (Wildman–Crippen LogP) is 0.241. The lowest BCUT2D eigenvalue weighted by molar-refractivity contribution is -0.908. The summed E-state index contributed by atoms with van der Waals surface area (Å²) in [4.78, 5) is 2.77. The molecule has 0 bridgehead atoms. The van der Waals surface area contributed by atoms with E-state index in [4.69, 9.17) is 17.0 Å². The van der Waals surface area contributed by atoms with Gasteiger partial charge in [-0.25, -0.2) is 0 Å². The standard InChI is InChI=1S/C14H22N4OS2/c1-12(13-4-2-11-21-13)16-17-14(20)15-5-3-6-18-7-9-19-10-8-18/h2,4,11H,3,5-10H2,1H3,(H2,15,17,20)/p+1/b16-12-. The molecule has 0 spiro atoms. The summed E-state index contributed by atoms with van der Waals surface area (Å²) in [5.74, 6) is 0. The predicted molar refractivity (Wildman–Crippen MR) is 91.3 cm³/mol. The van der Waals surface area contributed by atoms with E-state index in [1.165, 1.54) is 0 Å². The lowest BCUT2D eigenvalue weighted by Crippen LogP contribution is -3.14. The zero-order valence-corrected chi connectivity index (χ0v) is 14.0. The Morgan fingerprint density at radius 1 is 1.48 bits per heavy atom. The average molecular weight is 327 g/mol. The highest BCUT2D eigenvalue weighted by molar-refractivity contribution is 7.80.